The lowest BCUT2D eigenvalue weighted by Crippen LogP contribution is -2.52. The molecule has 128 valence electrons. The highest BCUT2D eigenvalue weighted by Gasteiger charge is 2.66. The van der Waals surface area contributed by atoms with Crippen molar-refractivity contribution >= 4 is 17.5 Å². The molecule has 0 fully saturated rings. The molecule has 2 aromatic carbocycles. The molecule has 0 saturated heterocycles. The van der Waals surface area contributed by atoms with Gasteiger partial charge in [0, 0.05) is 0 Å². The summed E-state index contributed by atoms with van der Waals surface area (Å²) in [5.41, 5.74) is -0.267. The molecule has 2 heterocycles. The molecule has 9 heteroatoms. The zero-order valence-electron chi connectivity index (χ0n) is 12.1. The van der Waals surface area contributed by atoms with E-state index in [-0.39, 0.29) is 11.1 Å². The maximum atomic E-state index is 13.5. The molecular formula is C16H7F4NO4. The minimum absolute atomic E-state index is 0.0684. The Morgan fingerprint density at radius 3 is 1.92 bits per heavy atom. The number of para-hydroxylation sites is 1. The number of anilines is 1. The standard InChI is InChI=1S/C16H7F4NO4/c17-15(18)16(19,20)25-12-10(6-3-7-11(12)24-15)21-13(22)8-4-1-2-5-9(8)14(21)23/h1-7H. The van der Waals surface area contributed by atoms with Gasteiger partial charge < -0.3 is 9.47 Å². The Bertz CT molecular complexity index is 893. The highest BCUT2D eigenvalue weighted by molar-refractivity contribution is 6.34. The van der Waals surface area contributed by atoms with Crippen molar-refractivity contribution in [1.29, 1.82) is 0 Å². The molecule has 0 unspecified atom stereocenters. The van der Waals surface area contributed by atoms with Gasteiger partial charge in [-0.1, -0.05) is 18.2 Å². The maximum absolute atomic E-state index is 13.5. The first-order chi connectivity index (χ1) is 11.7. The van der Waals surface area contributed by atoms with Gasteiger partial charge in [0.15, 0.2) is 11.5 Å². The van der Waals surface area contributed by atoms with E-state index in [1.807, 2.05) is 0 Å². The summed E-state index contributed by atoms with van der Waals surface area (Å²) < 4.78 is 61.7. The normalized spacial score (nSPS) is 19.8. The second-order valence-electron chi connectivity index (χ2n) is 5.33. The van der Waals surface area contributed by atoms with E-state index in [9.17, 15) is 27.2 Å². The van der Waals surface area contributed by atoms with Crippen LogP contribution in [-0.4, -0.2) is 24.0 Å². The summed E-state index contributed by atoms with van der Waals surface area (Å²) in [5.74, 6) is -3.07. The smallest absolute Gasteiger partial charge is 0.421 e. The molecule has 0 atom stereocenters. The van der Waals surface area contributed by atoms with Gasteiger partial charge in [-0.05, 0) is 24.3 Å². The highest BCUT2D eigenvalue weighted by Crippen LogP contribution is 2.51. The number of carbonyl (C=O) groups excluding carboxylic acids is 2. The molecule has 0 radical (unpaired) electrons. The average Bonchev–Trinajstić information content (AvgIpc) is 2.80. The van der Waals surface area contributed by atoms with E-state index in [4.69, 9.17) is 0 Å². The Kier molecular flexibility index (Phi) is 2.91. The first kappa shape index (κ1) is 15.4. The second kappa shape index (κ2) is 4.71. The van der Waals surface area contributed by atoms with Gasteiger partial charge >= 0.3 is 12.2 Å². The van der Waals surface area contributed by atoms with Crippen LogP contribution >= 0.6 is 0 Å². The molecule has 2 aliphatic heterocycles. The van der Waals surface area contributed by atoms with Crippen LogP contribution in [0.15, 0.2) is 42.5 Å². The number of alkyl halides is 4. The fourth-order valence-electron chi connectivity index (χ4n) is 2.66. The maximum Gasteiger partial charge on any atom is 0.507 e. The highest BCUT2D eigenvalue weighted by atomic mass is 19.3. The number of halogens is 4. The third-order valence-corrected chi connectivity index (χ3v) is 3.80. The lowest BCUT2D eigenvalue weighted by atomic mass is 10.1. The van der Waals surface area contributed by atoms with E-state index < -0.39 is 41.2 Å². The van der Waals surface area contributed by atoms with Crippen LogP contribution in [0.4, 0.5) is 23.2 Å². The van der Waals surface area contributed by atoms with Gasteiger partial charge in [0.25, 0.3) is 11.8 Å². The summed E-state index contributed by atoms with van der Waals surface area (Å²) in [5, 5.41) is 0. The van der Waals surface area contributed by atoms with Crippen molar-refractivity contribution in [2.45, 2.75) is 12.2 Å². The van der Waals surface area contributed by atoms with Crippen molar-refractivity contribution in [2.75, 3.05) is 4.90 Å². The Balaban J connectivity index is 1.85. The molecule has 0 saturated carbocycles. The van der Waals surface area contributed by atoms with Crippen LogP contribution in [0, 0.1) is 0 Å². The van der Waals surface area contributed by atoms with Gasteiger partial charge in [-0.15, -0.1) is 0 Å². The van der Waals surface area contributed by atoms with Crippen molar-refractivity contribution in [3.05, 3.63) is 53.6 Å². The van der Waals surface area contributed by atoms with Crippen LogP contribution in [0.25, 0.3) is 0 Å². The molecule has 0 aliphatic carbocycles. The Labute approximate surface area is 137 Å². The zero-order chi connectivity index (χ0) is 18.0. The summed E-state index contributed by atoms with van der Waals surface area (Å²) in [4.78, 5) is 25.5. The Morgan fingerprint density at radius 1 is 0.760 bits per heavy atom. The number of benzene rings is 2. The second-order valence-corrected chi connectivity index (χ2v) is 5.33. The number of imide groups is 1. The predicted molar refractivity (Wildman–Crippen MR) is 75.2 cm³/mol. The summed E-state index contributed by atoms with van der Waals surface area (Å²) in [6.45, 7) is 0. The first-order valence-corrected chi connectivity index (χ1v) is 6.97. The number of hydrogen-bond acceptors (Lipinski definition) is 4. The molecule has 0 bridgehead atoms. The van der Waals surface area contributed by atoms with Gasteiger partial charge in [-0.25, -0.2) is 4.90 Å². The number of ether oxygens (including phenoxy) is 2. The summed E-state index contributed by atoms with van der Waals surface area (Å²) >= 11 is 0. The number of nitrogens with zero attached hydrogens (tertiary/aromatic N) is 1. The summed E-state index contributed by atoms with van der Waals surface area (Å²) in [6, 6.07) is 9.13. The monoisotopic (exact) mass is 353 g/mol. The van der Waals surface area contributed by atoms with Gasteiger partial charge in [-0.3, -0.25) is 9.59 Å². The molecular weight excluding hydrogens is 346 g/mol. The van der Waals surface area contributed by atoms with Crippen molar-refractivity contribution < 1.29 is 36.6 Å². The quantitative estimate of drug-likeness (QED) is 0.582. The van der Waals surface area contributed by atoms with Crippen molar-refractivity contribution in [2.24, 2.45) is 0 Å². The van der Waals surface area contributed by atoms with Crippen LogP contribution in [0.1, 0.15) is 20.7 Å². The van der Waals surface area contributed by atoms with Gasteiger partial charge in [0.2, 0.25) is 0 Å². The van der Waals surface area contributed by atoms with Crippen molar-refractivity contribution in [3.8, 4) is 11.5 Å². The summed E-state index contributed by atoms with van der Waals surface area (Å²) in [6.07, 6.45) is -9.85. The van der Waals surface area contributed by atoms with E-state index in [1.54, 1.807) is 0 Å². The SMILES string of the molecule is O=C1c2ccccc2C(=O)N1c1cccc2c1OC(F)(F)C(F)(F)O2. The molecule has 4 rings (SSSR count). The largest absolute Gasteiger partial charge is 0.507 e. The van der Waals surface area contributed by atoms with E-state index in [0.29, 0.717) is 4.90 Å². The van der Waals surface area contributed by atoms with E-state index in [2.05, 4.69) is 9.47 Å². The van der Waals surface area contributed by atoms with Crippen LogP contribution in [0.2, 0.25) is 0 Å². The number of carbonyl (C=O) groups is 2. The molecule has 5 nitrogen and oxygen atoms in total. The molecule has 0 N–H and O–H groups in total. The van der Waals surface area contributed by atoms with Crippen LogP contribution in [-0.2, 0) is 0 Å². The lowest BCUT2D eigenvalue weighted by Gasteiger charge is -2.33. The minimum atomic E-state index is -4.96. The molecule has 2 amide bonds. The topological polar surface area (TPSA) is 55.8 Å². The lowest BCUT2D eigenvalue weighted by molar-refractivity contribution is -0.391. The minimum Gasteiger partial charge on any atom is -0.421 e. The molecule has 2 aromatic rings. The predicted octanol–water partition coefficient (Wildman–Crippen LogP) is 3.44. The molecule has 0 aromatic heterocycles. The van der Waals surface area contributed by atoms with Crippen LogP contribution < -0.4 is 14.4 Å². The molecule has 0 spiro atoms. The third kappa shape index (κ3) is 2.01. The van der Waals surface area contributed by atoms with E-state index in [0.717, 1.165) is 12.1 Å². The number of hydrogen-bond donors (Lipinski definition) is 0. The third-order valence-electron chi connectivity index (χ3n) is 3.80. The fraction of sp³-hybridized carbons (Fsp3) is 0.125. The number of amides is 2. The number of rotatable bonds is 1. The van der Waals surface area contributed by atoms with Crippen LogP contribution in [0.5, 0.6) is 11.5 Å². The molecule has 2 aliphatic rings. The Morgan fingerprint density at radius 2 is 1.32 bits per heavy atom. The summed E-state index contributed by atoms with van der Waals surface area (Å²) in [7, 11) is 0. The van der Waals surface area contributed by atoms with Gasteiger partial charge in [0.1, 0.15) is 0 Å². The average molecular weight is 353 g/mol. The van der Waals surface area contributed by atoms with Crippen molar-refractivity contribution in [1.82, 2.24) is 0 Å². The van der Waals surface area contributed by atoms with Gasteiger partial charge in [0.05, 0.1) is 16.8 Å². The van der Waals surface area contributed by atoms with Crippen LogP contribution in [0.3, 0.4) is 0 Å². The fourth-order valence-corrected chi connectivity index (χ4v) is 2.66. The van der Waals surface area contributed by atoms with Crippen molar-refractivity contribution in [3.63, 3.8) is 0 Å². The first-order valence-electron chi connectivity index (χ1n) is 6.97. The Hall–Kier alpha value is -3.10. The van der Waals surface area contributed by atoms with E-state index >= 15 is 0 Å². The number of fused-ring (bicyclic) bond motifs is 2. The zero-order valence-corrected chi connectivity index (χ0v) is 12.1. The molecule has 25 heavy (non-hydrogen) atoms. The van der Waals surface area contributed by atoms with E-state index in [1.165, 1.54) is 30.3 Å². The van der Waals surface area contributed by atoms with Gasteiger partial charge in [-0.2, -0.15) is 17.6 Å².